The Morgan fingerprint density at radius 3 is 2.50 bits per heavy atom. The molecule has 0 saturated heterocycles. The smallest absolute Gasteiger partial charge is 0.338 e. The van der Waals surface area contributed by atoms with E-state index in [0.717, 1.165) is 11.1 Å². The number of furan rings is 1. The van der Waals surface area contributed by atoms with E-state index >= 15 is 0 Å². The van der Waals surface area contributed by atoms with Gasteiger partial charge >= 0.3 is 5.97 Å². The van der Waals surface area contributed by atoms with Gasteiger partial charge in [0.15, 0.2) is 6.61 Å². The lowest BCUT2D eigenvalue weighted by Gasteiger charge is -2.11. The monoisotopic (exact) mass is 406 g/mol. The molecule has 30 heavy (non-hydrogen) atoms. The van der Waals surface area contributed by atoms with Crippen molar-refractivity contribution >= 4 is 23.5 Å². The van der Waals surface area contributed by atoms with Crippen LogP contribution in [-0.4, -0.2) is 24.4 Å². The number of esters is 1. The van der Waals surface area contributed by atoms with E-state index < -0.39 is 18.5 Å². The number of rotatable bonds is 7. The highest BCUT2D eigenvalue weighted by Gasteiger charge is 2.15. The average molecular weight is 406 g/mol. The topological polar surface area (TPSA) is 97.6 Å². The van der Waals surface area contributed by atoms with E-state index in [0.29, 0.717) is 17.0 Å². The van der Waals surface area contributed by atoms with Crippen LogP contribution in [0.5, 0.6) is 0 Å². The summed E-state index contributed by atoms with van der Waals surface area (Å²) in [6.45, 7) is 3.60. The molecule has 2 N–H and O–H groups in total. The standard InChI is InChI=1S/C23H22N2O5/c1-15-9-10-17(12-16(15)2)23(28)30-14-21(26)25-20-8-4-3-7-19(20)22(27)24-13-18-6-5-11-29-18/h3-12H,13-14H2,1-2H3,(H,24,27)(H,25,26). The van der Waals surface area contributed by atoms with Crippen LogP contribution in [0.3, 0.4) is 0 Å². The Balaban J connectivity index is 1.57. The Kier molecular flexibility index (Phi) is 6.64. The first-order chi connectivity index (χ1) is 14.4. The summed E-state index contributed by atoms with van der Waals surface area (Å²) in [6.07, 6.45) is 1.52. The third kappa shape index (κ3) is 5.35. The number of carbonyl (C=O) groups is 3. The van der Waals surface area contributed by atoms with Crippen LogP contribution in [0.15, 0.2) is 65.3 Å². The molecule has 0 aliphatic rings. The van der Waals surface area contributed by atoms with Crippen molar-refractivity contribution in [2.24, 2.45) is 0 Å². The fourth-order valence-electron chi connectivity index (χ4n) is 2.74. The quantitative estimate of drug-likeness (QED) is 0.584. The van der Waals surface area contributed by atoms with E-state index in [4.69, 9.17) is 9.15 Å². The molecule has 1 heterocycles. The van der Waals surface area contributed by atoms with E-state index in [2.05, 4.69) is 10.6 Å². The maximum absolute atomic E-state index is 12.5. The fourth-order valence-corrected chi connectivity index (χ4v) is 2.74. The number of aryl methyl sites for hydroxylation is 2. The van der Waals surface area contributed by atoms with Crippen LogP contribution in [0, 0.1) is 13.8 Å². The van der Waals surface area contributed by atoms with E-state index in [9.17, 15) is 14.4 Å². The Morgan fingerprint density at radius 1 is 0.967 bits per heavy atom. The molecule has 0 fully saturated rings. The highest BCUT2D eigenvalue weighted by Crippen LogP contribution is 2.16. The van der Waals surface area contributed by atoms with Gasteiger partial charge in [-0.2, -0.15) is 0 Å². The van der Waals surface area contributed by atoms with Gasteiger partial charge in [-0.15, -0.1) is 0 Å². The number of nitrogens with one attached hydrogen (secondary N) is 2. The van der Waals surface area contributed by atoms with Crippen molar-refractivity contribution in [3.63, 3.8) is 0 Å². The molecule has 2 amide bonds. The Bertz CT molecular complexity index is 1060. The minimum Gasteiger partial charge on any atom is -0.467 e. The van der Waals surface area contributed by atoms with Crippen molar-refractivity contribution in [2.45, 2.75) is 20.4 Å². The summed E-state index contributed by atoms with van der Waals surface area (Å²) in [6, 6.07) is 15.3. The Hall–Kier alpha value is -3.87. The Morgan fingerprint density at radius 2 is 1.77 bits per heavy atom. The summed E-state index contributed by atoms with van der Waals surface area (Å²) < 4.78 is 10.3. The molecule has 3 aromatic rings. The van der Waals surface area contributed by atoms with Crippen LogP contribution in [0.4, 0.5) is 5.69 Å². The number of ether oxygens (including phenoxy) is 1. The number of anilines is 1. The molecule has 0 unspecified atom stereocenters. The van der Waals surface area contributed by atoms with Gasteiger partial charge in [-0.25, -0.2) is 4.79 Å². The molecule has 0 aliphatic heterocycles. The molecule has 0 atom stereocenters. The lowest BCUT2D eigenvalue weighted by Crippen LogP contribution is -2.26. The van der Waals surface area contributed by atoms with Gasteiger partial charge in [0, 0.05) is 0 Å². The highest BCUT2D eigenvalue weighted by molar-refractivity contribution is 6.04. The number of para-hydroxylation sites is 1. The molecule has 0 bridgehead atoms. The largest absolute Gasteiger partial charge is 0.467 e. The molecule has 7 nitrogen and oxygen atoms in total. The first-order valence-corrected chi connectivity index (χ1v) is 9.38. The van der Waals surface area contributed by atoms with Gasteiger partial charge < -0.3 is 19.8 Å². The zero-order chi connectivity index (χ0) is 21.5. The van der Waals surface area contributed by atoms with Crippen LogP contribution >= 0.6 is 0 Å². The second-order valence-electron chi connectivity index (χ2n) is 6.73. The molecule has 3 rings (SSSR count). The van der Waals surface area contributed by atoms with Crippen LogP contribution in [0.2, 0.25) is 0 Å². The zero-order valence-corrected chi connectivity index (χ0v) is 16.7. The summed E-state index contributed by atoms with van der Waals surface area (Å²) in [5.41, 5.74) is 3.01. The zero-order valence-electron chi connectivity index (χ0n) is 16.7. The van der Waals surface area contributed by atoms with E-state index in [1.54, 1.807) is 48.5 Å². The van der Waals surface area contributed by atoms with Crippen LogP contribution in [0.1, 0.15) is 37.6 Å². The molecule has 1 aromatic heterocycles. The van der Waals surface area contributed by atoms with Crippen molar-refractivity contribution in [3.8, 4) is 0 Å². The number of amides is 2. The maximum Gasteiger partial charge on any atom is 0.338 e. The lowest BCUT2D eigenvalue weighted by atomic mass is 10.1. The van der Waals surface area contributed by atoms with Crippen molar-refractivity contribution in [1.82, 2.24) is 5.32 Å². The number of carbonyl (C=O) groups excluding carboxylic acids is 3. The summed E-state index contributed by atoms with van der Waals surface area (Å²) in [5.74, 6) is -0.881. The average Bonchev–Trinajstić information content (AvgIpc) is 3.26. The molecule has 0 aliphatic carbocycles. The van der Waals surface area contributed by atoms with E-state index in [1.165, 1.54) is 6.26 Å². The van der Waals surface area contributed by atoms with Gasteiger partial charge in [-0.1, -0.05) is 18.2 Å². The summed E-state index contributed by atoms with van der Waals surface area (Å²) in [4.78, 5) is 36.9. The molecule has 2 aromatic carbocycles. The van der Waals surface area contributed by atoms with Gasteiger partial charge in [0.1, 0.15) is 5.76 Å². The number of benzene rings is 2. The molecular weight excluding hydrogens is 384 g/mol. The SMILES string of the molecule is Cc1ccc(C(=O)OCC(=O)Nc2ccccc2C(=O)NCc2ccco2)cc1C. The minimum absolute atomic E-state index is 0.224. The van der Waals surface area contributed by atoms with Gasteiger partial charge in [0.05, 0.1) is 29.6 Å². The molecule has 7 heteroatoms. The molecule has 0 saturated carbocycles. The van der Waals surface area contributed by atoms with Crippen molar-refractivity contribution in [1.29, 1.82) is 0 Å². The van der Waals surface area contributed by atoms with Gasteiger partial charge in [-0.3, -0.25) is 9.59 Å². The third-order valence-electron chi connectivity index (χ3n) is 4.53. The first kappa shape index (κ1) is 20.9. The second-order valence-corrected chi connectivity index (χ2v) is 6.73. The van der Waals surface area contributed by atoms with Gasteiger partial charge in [0.2, 0.25) is 0 Å². The fraction of sp³-hybridized carbons (Fsp3) is 0.174. The van der Waals surface area contributed by atoms with Crippen molar-refractivity contribution < 1.29 is 23.5 Å². The Labute approximate surface area is 174 Å². The summed E-state index contributed by atoms with van der Waals surface area (Å²) >= 11 is 0. The van der Waals surface area contributed by atoms with Crippen molar-refractivity contribution in [2.75, 3.05) is 11.9 Å². The summed E-state index contributed by atoms with van der Waals surface area (Å²) in [5, 5.41) is 5.34. The first-order valence-electron chi connectivity index (χ1n) is 9.38. The third-order valence-corrected chi connectivity index (χ3v) is 4.53. The van der Waals surface area contributed by atoms with Crippen LogP contribution in [0.25, 0.3) is 0 Å². The van der Waals surface area contributed by atoms with Gasteiger partial charge in [-0.05, 0) is 61.4 Å². The van der Waals surface area contributed by atoms with E-state index in [1.807, 2.05) is 19.9 Å². The second kappa shape index (κ2) is 9.56. The molecule has 0 spiro atoms. The molecule has 154 valence electrons. The maximum atomic E-state index is 12.5. The van der Waals surface area contributed by atoms with E-state index in [-0.39, 0.29) is 18.0 Å². The molecule has 0 radical (unpaired) electrons. The number of hydrogen-bond acceptors (Lipinski definition) is 5. The minimum atomic E-state index is -0.585. The summed E-state index contributed by atoms with van der Waals surface area (Å²) in [7, 11) is 0. The number of hydrogen-bond donors (Lipinski definition) is 2. The normalized spacial score (nSPS) is 10.3. The molecular formula is C23H22N2O5. The lowest BCUT2D eigenvalue weighted by molar-refractivity contribution is -0.119. The highest BCUT2D eigenvalue weighted by atomic mass is 16.5. The van der Waals surface area contributed by atoms with Crippen LogP contribution < -0.4 is 10.6 Å². The van der Waals surface area contributed by atoms with Gasteiger partial charge in [0.25, 0.3) is 11.8 Å². The van der Waals surface area contributed by atoms with Crippen molar-refractivity contribution in [3.05, 3.63) is 88.9 Å². The van der Waals surface area contributed by atoms with Crippen LogP contribution in [-0.2, 0) is 16.1 Å². The predicted molar refractivity (Wildman–Crippen MR) is 111 cm³/mol. The predicted octanol–water partition coefficient (Wildman–Crippen LogP) is 3.62.